The minimum Gasteiger partial charge on any atom is -0.497 e. The molecule has 3 nitrogen and oxygen atoms in total. The van der Waals surface area contributed by atoms with Gasteiger partial charge in [0.15, 0.2) is 6.29 Å². The van der Waals surface area contributed by atoms with Gasteiger partial charge >= 0.3 is 0 Å². The summed E-state index contributed by atoms with van der Waals surface area (Å²) in [6.45, 7) is 5.01. The maximum Gasteiger partial charge on any atom is 0.153 e. The fourth-order valence-electron chi connectivity index (χ4n) is 1.55. The number of benzene rings is 1. The van der Waals surface area contributed by atoms with Crippen molar-refractivity contribution in [2.24, 2.45) is 5.92 Å². The van der Waals surface area contributed by atoms with E-state index in [0.717, 1.165) is 19.1 Å². The Balaban J connectivity index is 2.55. The zero-order valence-corrected chi connectivity index (χ0v) is 10.7. The van der Waals surface area contributed by atoms with Crippen LogP contribution in [0, 0.1) is 5.92 Å². The van der Waals surface area contributed by atoms with Crippen LogP contribution in [-0.4, -0.2) is 20.0 Å². The number of rotatable bonds is 7. The largest absolute Gasteiger partial charge is 0.497 e. The van der Waals surface area contributed by atoms with Crippen LogP contribution in [0.2, 0.25) is 0 Å². The Bertz CT molecular complexity index is 358. The molecule has 0 saturated carbocycles. The van der Waals surface area contributed by atoms with Crippen molar-refractivity contribution in [3.63, 3.8) is 0 Å². The van der Waals surface area contributed by atoms with E-state index in [1.165, 1.54) is 0 Å². The molecule has 3 heteroatoms. The summed E-state index contributed by atoms with van der Waals surface area (Å²) < 4.78 is 10.6. The number of carbonyl (C=O) groups is 1. The Hall–Kier alpha value is -1.51. The van der Waals surface area contributed by atoms with E-state index in [4.69, 9.17) is 9.47 Å². The van der Waals surface area contributed by atoms with Gasteiger partial charge in [-0.05, 0) is 37.0 Å². The quantitative estimate of drug-likeness (QED) is 0.538. The van der Waals surface area contributed by atoms with E-state index >= 15 is 0 Å². The van der Waals surface area contributed by atoms with E-state index in [9.17, 15) is 4.79 Å². The van der Waals surface area contributed by atoms with E-state index in [0.29, 0.717) is 29.6 Å². The van der Waals surface area contributed by atoms with E-state index in [-0.39, 0.29) is 0 Å². The second-order valence-electron chi connectivity index (χ2n) is 4.41. The lowest BCUT2D eigenvalue weighted by Gasteiger charge is -2.10. The van der Waals surface area contributed by atoms with Gasteiger partial charge in [0.2, 0.25) is 0 Å². The molecule has 0 atom stereocenters. The van der Waals surface area contributed by atoms with Gasteiger partial charge in [-0.3, -0.25) is 4.79 Å². The van der Waals surface area contributed by atoms with Crippen molar-refractivity contribution in [2.45, 2.75) is 26.7 Å². The fraction of sp³-hybridized carbons (Fsp3) is 0.500. The summed E-state index contributed by atoms with van der Waals surface area (Å²) in [6, 6.07) is 5.26. The number of hydrogen-bond donors (Lipinski definition) is 0. The van der Waals surface area contributed by atoms with Crippen molar-refractivity contribution < 1.29 is 14.3 Å². The smallest absolute Gasteiger partial charge is 0.153 e. The number of carbonyl (C=O) groups excluding carboxylic acids is 1. The highest BCUT2D eigenvalue weighted by Crippen LogP contribution is 2.22. The summed E-state index contributed by atoms with van der Waals surface area (Å²) in [4.78, 5) is 10.9. The minimum absolute atomic E-state index is 0.536. The Morgan fingerprint density at radius 2 is 2.12 bits per heavy atom. The molecular weight excluding hydrogens is 216 g/mol. The number of methoxy groups -OCH3 is 1. The third-order valence-electron chi connectivity index (χ3n) is 2.53. The topological polar surface area (TPSA) is 35.5 Å². The number of hydrogen-bond acceptors (Lipinski definition) is 3. The third-order valence-corrected chi connectivity index (χ3v) is 2.53. The monoisotopic (exact) mass is 236 g/mol. The molecule has 0 bridgehead atoms. The zero-order chi connectivity index (χ0) is 12.7. The normalized spacial score (nSPS) is 10.4. The molecule has 0 aliphatic rings. The number of ether oxygens (including phenoxy) is 2. The fourth-order valence-corrected chi connectivity index (χ4v) is 1.55. The second kappa shape index (κ2) is 6.94. The summed E-state index contributed by atoms with van der Waals surface area (Å²) in [5.41, 5.74) is 0.536. The average Bonchev–Trinajstić information content (AvgIpc) is 2.34. The molecule has 0 aromatic heterocycles. The standard InChI is InChI=1S/C14H20O3/c1-11(2)5-4-8-17-14-7-6-13(16-3)9-12(14)10-15/h6-7,9-11H,4-5,8H2,1-3H3. The zero-order valence-electron chi connectivity index (χ0n) is 10.7. The van der Waals surface area contributed by atoms with Crippen molar-refractivity contribution in [1.82, 2.24) is 0 Å². The molecule has 17 heavy (non-hydrogen) atoms. The van der Waals surface area contributed by atoms with Gasteiger partial charge in [0.25, 0.3) is 0 Å². The van der Waals surface area contributed by atoms with Crippen LogP contribution in [0.25, 0.3) is 0 Å². The molecule has 1 rings (SSSR count). The predicted octanol–water partition coefficient (Wildman–Crippen LogP) is 3.32. The number of aldehydes is 1. The first-order chi connectivity index (χ1) is 8.17. The molecule has 0 fully saturated rings. The lowest BCUT2D eigenvalue weighted by Crippen LogP contribution is -2.02. The van der Waals surface area contributed by atoms with Crippen molar-refractivity contribution >= 4 is 6.29 Å². The first kappa shape index (κ1) is 13.6. The molecule has 0 saturated heterocycles. The maximum atomic E-state index is 10.9. The minimum atomic E-state index is 0.536. The van der Waals surface area contributed by atoms with Gasteiger partial charge in [0, 0.05) is 0 Å². The van der Waals surface area contributed by atoms with Crippen LogP contribution < -0.4 is 9.47 Å². The summed E-state index contributed by atoms with van der Waals surface area (Å²) >= 11 is 0. The molecule has 0 amide bonds. The molecule has 0 radical (unpaired) electrons. The molecule has 0 heterocycles. The molecule has 0 aliphatic heterocycles. The molecule has 0 N–H and O–H groups in total. The van der Waals surface area contributed by atoms with Crippen LogP contribution in [0.15, 0.2) is 18.2 Å². The highest BCUT2D eigenvalue weighted by Gasteiger charge is 2.05. The highest BCUT2D eigenvalue weighted by molar-refractivity contribution is 5.80. The predicted molar refractivity (Wildman–Crippen MR) is 67.9 cm³/mol. The van der Waals surface area contributed by atoms with Crippen LogP contribution >= 0.6 is 0 Å². The van der Waals surface area contributed by atoms with Crippen molar-refractivity contribution in [2.75, 3.05) is 13.7 Å². The van der Waals surface area contributed by atoms with E-state index in [1.807, 2.05) is 0 Å². The van der Waals surface area contributed by atoms with Gasteiger partial charge in [-0.2, -0.15) is 0 Å². The van der Waals surface area contributed by atoms with Crippen LogP contribution in [0.1, 0.15) is 37.0 Å². The molecule has 0 unspecified atom stereocenters. The Labute approximate surface area is 103 Å². The second-order valence-corrected chi connectivity index (χ2v) is 4.41. The van der Waals surface area contributed by atoms with Crippen LogP contribution in [-0.2, 0) is 0 Å². The van der Waals surface area contributed by atoms with Gasteiger partial charge < -0.3 is 9.47 Å². The molecular formula is C14H20O3. The SMILES string of the molecule is COc1ccc(OCCCC(C)C)c(C=O)c1. The summed E-state index contributed by atoms with van der Waals surface area (Å²) in [5.74, 6) is 1.98. The Kier molecular flexibility index (Phi) is 5.53. The Morgan fingerprint density at radius 3 is 2.71 bits per heavy atom. The maximum absolute atomic E-state index is 10.9. The van der Waals surface area contributed by atoms with E-state index in [2.05, 4.69) is 13.8 Å². The first-order valence-electron chi connectivity index (χ1n) is 5.93. The van der Waals surface area contributed by atoms with Gasteiger partial charge in [0.1, 0.15) is 11.5 Å². The third kappa shape index (κ3) is 4.47. The van der Waals surface area contributed by atoms with E-state index < -0.39 is 0 Å². The van der Waals surface area contributed by atoms with Crippen molar-refractivity contribution in [3.05, 3.63) is 23.8 Å². The lowest BCUT2D eigenvalue weighted by atomic mass is 10.1. The lowest BCUT2D eigenvalue weighted by molar-refractivity contribution is 0.111. The molecule has 94 valence electrons. The van der Waals surface area contributed by atoms with Crippen molar-refractivity contribution in [1.29, 1.82) is 0 Å². The van der Waals surface area contributed by atoms with Crippen molar-refractivity contribution in [3.8, 4) is 11.5 Å². The Morgan fingerprint density at radius 1 is 1.35 bits per heavy atom. The van der Waals surface area contributed by atoms with E-state index in [1.54, 1.807) is 25.3 Å². The van der Waals surface area contributed by atoms with Gasteiger partial charge in [-0.1, -0.05) is 13.8 Å². The summed E-state index contributed by atoms with van der Waals surface area (Å²) in [7, 11) is 1.58. The first-order valence-corrected chi connectivity index (χ1v) is 5.93. The molecule has 0 spiro atoms. The van der Waals surface area contributed by atoms with Crippen LogP contribution in [0.5, 0.6) is 11.5 Å². The van der Waals surface area contributed by atoms with Crippen LogP contribution in [0.4, 0.5) is 0 Å². The van der Waals surface area contributed by atoms with Gasteiger partial charge in [0.05, 0.1) is 19.3 Å². The highest BCUT2D eigenvalue weighted by atomic mass is 16.5. The summed E-state index contributed by atoms with van der Waals surface area (Å²) in [6.07, 6.45) is 2.93. The van der Waals surface area contributed by atoms with Gasteiger partial charge in [-0.15, -0.1) is 0 Å². The summed E-state index contributed by atoms with van der Waals surface area (Å²) in [5, 5.41) is 0. The molecule has 1 aromatic rings. The van der Waals surface area contributed by atoms with Gasteiger partial charge in [-0.25, -0.2) is 0 Å². The average molecular weight is 236 g/mol. The van der Waals surface area contributed by atoms with Crippen LogP contribution in [0.3, 0.4) is 0 Å². The molecule has 1 aromatic carbocycles. The molecule has 0 aliphatic carbocycles.